The third kappa shape index (κ3) is 29.3. The molecule has 0 radical (unpaired) electrons. The Bertz CT molecular complexity index is 7830. The first kappa shape index (κ1) is 116. The number of benzene rings is 6. The number of hydrogen-bond donors (Lipinski definition) is 11. The molecule has 0 saturated carbocycles. The molecule has 49 heteroatoms. The van der Waals surface area contributed by atoms with Gasteiger partial charge in [-0.2, -0.15) is 19.1 Å². The predicted octanol–water partition coefficient (Wildman–Crippen LogP) is 16.7. The van der Waals surface area contributed by atoms with E-state index >= 15 is 0 Å². The molecule has 4 unspecified atom stereocenters. The average molecular weight is 2290 g/mol. The van der Waals surface area contributed by atoms with Crippen molar-refractivity contribution in [1.29, 1.82) is 0 Å². The van der Waals surface area contributed by atoms with Gasteiger partial charge in [-0.15, -0.1) is 0 Å². The van der Waals surface area contributed by atoms with Crippen LogP contribution in [-0.2, 0) is 103 Å². The molecule has 11 N–H and O–H groups in total. The molecule has 4 aliphatic heterocycles. The van der Waals surface area contributed by atoms with E-state index < -0.39 is 92.4 Å². The Morgan fingerprint density at radius 3 is 0.946 bits per heavy atom. The van der Waals surface area contributed by atoms with Crippen LogP contribution < -0.4 is 83.2 Å². The zero-order valence-corrected chi connectivity index (χ0v) is 94.6. The van der Waals surface area contributed by atoms with Crippen molar-refractivity contribution in [2.75, 3.05) is 97.7 Å². The number of anilines is 8. The minimum atomic E-state index is -3.99. The molecule has 6 aromatic carbocycles. The number of hydrogen-bond acceptors (Lipinski definition) is 28. The zero-order valence-electron chi connectivity index (χ0n) is 85.6. The van der Waals surface area contributed by atoms with E-state index in [1.807, 2.05) is 83.3 Å². The summed E-state index contributed by atoms with van der Waals surface area (Å²) in [6.45, 7) is 35.2. The van der Waals surface area contributed by atoms with Crippen LogP contribution in [0.4, 0.5) is 45.5 Å². The number of aryl methyl sites for hydroxylation is 4. The van der Waals surface area contributed by atoms with Crippen LogP contribution in [0.25, 0.3) is 22.3 Å². The van der Waals surface area contributed by atoms with Gasteiger partial charge in [0, 0.05) is 85.7 Å². The number of aromatic nitrogens is 4. The quantitative estimate of drug-likeness (QED) is 0.0142. The van der Waals surface area contributed by atoms with Crippen LogP contribution in [0.1, 0.15) is 166 Å². The van der Waals surface area contributed by atoms with Crippen LogP contribution in [0.3, 0.4) is 0 Å². The monoisotopic (exact) mass is 2290 g/mol. The fourth-order valence-electron chi connectivity index (χ4n) is 15.5. The summed E-state index contributed by atoms with van der Waals surface area (Å²) < 4.78 is 205. The summed E-state index contributed by atoms with van der Waals surface area (Å²) in [6.07, 6.45) is 13.3. The predicted molar refractivity (Wildman–Crippen MR) is 594 cm³/mol. The minimum Gasteiger partial charge on any atom is -0.507 e. The molecule has 14 rings (SSSR count). The lowest BCUT2D eigenvalue weighted by Crippen LogP contribution is -2.35. The van der Waals surface area contributed by atoms with Crippen molar-refractivity contribution >= 4 is 183 Å². The van der Waals surface area contributed by atoms with Crippen LogP contribution in [0, 0.1) is 25.2 Å². The molecule has 0 fully saturated rings. The molecule has 4 aromatic heterocycles. The summed E-state index contributed by atoms with van der Waals surface area (Å²) in [5.74, 6) is -1.49. The molecule has 4 atom stereocenters. The van der Waals surface area contributed by atoms with Crippen LogP contribution in [0.2, 0.25) is 0 Å². The van der Waals surface area contributed by atoms with E-state index in [2.05, 4.69) is 138 Å². The molecular formula is C98H127IN16O24P4S4. The summed E-state index contributed by atoms with van der Waals surface area (Å²) in [4.78, 5) is 54.1. The minimum absolute atomic E-state index is 0.000578. The Balaban J connectivity index is 0.000000187. The van der Waals surface area contributed by atoms with Crippen molar-refractivity contribution in [2.24, 2.45) is 40.7 Å². The molecule has 0 spiro atoms. The van der Waals surface area contributed by atoms with Crippen molar-refractivity contribution in [3.05, 3.63) is 232 Å². The normalized spacial score (nSPS) is 17.6. The fourth-order valence-corrected chi connectivity index (χ4v) is 25.9. The number of aromatic hydroxyl groups is 4. The van der Waals surface area contributed by atoms with Crippen molar-refractivity contribution in [1.82, 2.24) is 18.3 Å². The Morgan fingerprint density at radius 1 is 0.374 bits per heavy atom. The summed E-state index contributed by atoms with van der Waals surface area (Å²) >= 11 is 1.93. The van der Waals surface area contributed by atoms with E-state index in [4.69, 9.17) is 18.1 Å². The Morgan fingerprint density at radius 2 is 0.653 bits per heavy atom. The Labute approximate surface area is 869 Å². The van der Waals surface area contributed by atoms with Crippen LogP contribution in [-0.4, -0.2) is 154 Å². The highest BCUT2D eigenvalue weighted by molar-refractivity contribution is 14.1. The number of pyridine rings is 4. The molecular weight excluding hydrogens is 2160 g/mol. The smallest absolute Gasteiger partial charge is 0.348 e. The van der Waals surface area contributed by atoms with Gasteiger partial charge in [0.15, 0.2) is 23.3 Å². The van der Waals surface area contributed by atoms with E-state index in [9.17, 15) is 91.5 Å². The highest BCUT2D eigenvalue weighted by Crippen LogP contribution is 2.57. The molecule has 8 heterocycles. The maximum atomic E-state index is 14.3. The standard InChI is InChI=1S/C29H37N4O6PS.C27H33N4O6PS.C21H28IN4O6PS.C21H29N4O6PS/c1-7-33(41(6,37)38)21-14-15-23-24(18-21)40(36,39-8-2)31-27(30-23)25-26(34)22(20-12-10-9-11-13-20)19-32(28(25)35)17-16-29(3,4)5;1-6-37-38(34)22-16-19(30-39(5,35)36)12-13-21(22)28-25(29-38)23-24(32)20(18-10-8-7-9-11-18)17-31(26(23)33)15-14-27(2,3)4;1-6-32-33(29)16-11-13(25-34(5,30)31)7-8-15(16)23-19(24-33)17-18(27)14(22)12-26(20(17)28)10-9-21(2,3)4;1-6-31-32(28)17-13-14(24-33(5,29)30)7-8-15(17)22-19(23-32)18-16(26)9-11-25(20(18)27)12-10-21(2,3)4/h9-15,18-19,34H,7-8,16-17H2,1-6H3,(H,30,31,36);7-13,16-17,30,32H,6,14-15H2,1-5H3,(H,28,29,34);7-8,11-12,25,27H,6,9-10H2,1-5H3,(H,23,24,29);7-9,11,13,24,26H,6,10,12H2,1-5H3,(H,22,23,28). The first-order chi connectivity index (χ1) is 68.2. The first-order valence-electron chi connectivity index (χ1n) is 46.8. The van der Waals surface area contributed by atoms with Gasteiger partial charge in [-0.3, -0.25) is 55.9 Å². The summed E-state index contributed by atoms with van der Waals surface area (Å²) in [5.41, 5.74) is 1.94. The van der Waals surface area contributed by atoms with E-state index in [1.54, 1.807) is 69.9 Å². The summed E-state index contributed by atoms with van der Waals surface area (Å²) in [6, 6.07) is 37.6. The third-order valence-corrected chi connectivity index (χ3v) is 34.7. The number of nitrogens with zero attached hydrogens (tertiary/aromatic N) is 9. The molecule has 0 aliphatic carbocycles. The molecule has 147 heavy (non-hydrogen) atoms. The van der Waals surface area contributed by atoms with Crippen molar-refractivity contribution in [2.45, 2.75) is 170 Å². The van der Waals surface area contributed by atoms with Crippen LogP contribution in [0.5, 0.6) is 23.0 Å². The maximum Gasteiger partial charge on any atom is 0.348 e. The molecule has 4 aliphatic rings. The van der Waals surface area contributed by atoms with Gasteiger partial charge in [-0.05, 0) is 195 Å². The van der Waals surface area contributed by atoms with E-state index in [0.29, 0.717) is 93.3 Å². The van der Waals surface area contributed by atoms with Gasteiger partial charge in [0.05, 0.1) is 105 Å². The highest BCUT2D eigenvalue weighted by Gasteiger charge is 2.43. The number of amidine groups is 4. The largest absolute Gasteiger partial charge is 0.507 e. The van der Waals surface area contributed by atoms with Crippen LogP contribution in [0.15, 0.2) is 203 Å². The lowest BCUT2D eigenvalue weighted by molar-refractivity contribution is 0.340. The van der Waals surface area contributed by atoms with Gasteiger partial charge in [0.25, 0.3) is 22.2 Å². The topological polar surface area (TPSA) is 548 Å². The average Bonchev–Trinajstić information content (AvgIpc) is 0.764. The number of halogens is 1. The molecule has 0 bridgehead atoms. The van der Waals surface area contributed by atoms with Gasteiger partial charge >= 0.3 is 30.1 Å². The number of fused-ring (bicyclic) bond motifs is 4. The Kier molecular flexibility index (Phi) is 36.0. The highest BCUT2D eigenvalue weighted by atomic mass is 127. The third-order valence-electron chi connectivity index (χ3n) is 22.6. The van der Waals surface area contributed by atoms with Gasteiger partial charge in [-0.25, -0.2) is 33.7 Å². The summed E-state index contributed by atoms with van der Waals surface area (Å²) in [5, 5.41) is 56.8. The molecule has 10 aromatic rings. The second kappa shape index (κ2) is 45.6. The maximum absolute atomic E-state index is 14.3. The number of nitrogens with one attached hydrogen (secondary N) is 7. The van der Waals surface area contributed by atoms with Crippen LogP contribution >= 0.6 is 52.7 Å². The second-order valence-corrected chi connectivity index (χ2v) is 56.0. The Hall–Kier alpha value is -11.3. The fraction of sp³-hybridized carbons (Fsp3) is 0.388. The lowest BCUT2D eigenvalue weighted by Gasteiger charge is -2.28. The first-order valence-corrected chi connectivity index (χ1v) is 61.7. The van der Waals surface area contributed by atoms with Gasteiger partial charge in [0.2, 0.25) is 40.1 Å². The molecule has 794 valence electrons. The molecule has 0 saturated heterocycles. The zero-order chi connectivity index (χ0) is 109. The van der Waals surface area contributed by atoms with Crippen molar-refractivity contribution in [3.63, 3.8) is 0 Å². The summed E-state index contributed by atoms with van der Waals surface area (Å²) in [7, 11) is -30.0. The van der Waals surface area contributed by atoms with E-state index in [1.165, 1.54) is 90.9 Å². The lowest BCUT2D eigenvalue weighted by atomic mass is 9.92. The van der Waals surface area contributed by atoms with E-state index in [-0.39, 0.29) is 162 Å². The molecule has 0 amide bonds. The van der Waals surface area contributed by atoms with Crippen molar-refractivity contribution in [3.8, 4) is 45.3 Å². The van der Waals surface area contributed by atoms with Gasteiger partial charge < -0.3 is 78.1 Å². The number of sulfonamides is 4. The van der Waals surface area contributed by atoms with E-state index in [0.717, 1.165) is 37.9 Å². The SMILES string of the molecule is CCOP1(=O)N=C(c2c(O)c(-c3ccccc3)cn(CCC(C)(C)C)c2=O)Nc2ccc(N(CC)S(C)(=O)=O)cc21.CCOP1(=O)N=C(c2c(O)c(-c3ccccc3)cn(CCC(C)(C)C)c2=O)Nc2ccc(NS(C)(=O)=O)cc21.CCOP1(=O)N=C(c2c(O)c(I)cn(CCC(C)(C)C)c2=O)Nc2ccc(NS(C)(=O)=O)cc21.CCOP1(=O)N=C(c2c(O)ccn(CCC(C)(C)C)c2=O)Nc2ccc(NS(C)(=O)=O)cc21. The molecule has 40 nitrogen and oxygen atoms in total. The number of rotatable bonds is 31. The van der Waals surface area contributed by atoms with Crippen molar-refractivity contribution < 1.29 is 90.5 Å². The second-order valence-electron chi connectivity index (χ2n) is 39.8. The van der Waals surface area contributed by atoms with Gasteiger partial charge in [0.1, 0.15) is 45.3 Å². The van der Waals surface area contributed by atoms with Gasteiger partial charge in [-0.1, -0.05) is 144 Å².